The van der Waals surface area contributed by atoms with E-state index in [-0.39, 0.29) is 12.7 Å². The molecule has 8 heteroatoms. The van der Waals surface area contributed by atoms with E-state index in [9.17, 15) is 14.5 Å². The molecule has 3 unspecified atom stereocenters. The maximum Gasteiger partial charge on any atom is 0.380 e. The Morgan fingerprint density at radius 3 is 1.79 bits per heavy atom. The molecular formula is C31H61O6PS. The molecule has 0 aliphatic heterocycles. The van der Waals surface area contributed by atoms with Crippen LogP contribution in [0.2, 0.25) is 0 Å². The fraction of sp³-hybridized carbons (Fsp3) is 0.968. The van der Waals surface area contributed by atoms with Crippen LogP contribution in [0.25, 0.3) is 0 Å². The van der Waals surface area contributed by atoms with Crippen LogP contribution in [-0.2, 0) is 23.6 Å². The zero-order valence-electron chi connectivity index (χ0n) is 25.9. The van der Waals surface area contributed by atoms with E-state index in [1.807, 2.05) is 0 Å². The Bertz CT molecular complexity index is 579. The van der Waals surface area contributed by atoms with Crippen molar-refractivity contribution >= 4 is 26.2 Å². The van der Waals surface area contributed by atoms with E-state index in [0.29, 0.717) is 18.3 Å². The summed E-state index contributed by atoms with van der Waals surface area (Å²) in [5.74, 6) is 0.146. The molecule has 3 atom stereocenters. The third kappa shape index (κ3) is 22.1. The maximum atomic E-state index is 12.0. The molecule has 0 rings (SSSR count). The SMILES string of the molecule is CCCCCCCCCCCCSC(CCCCCCCC)C(C)OCCCOC(O)(P=O)C(=O)OC(C)C. The maximum absolute atomic E-state index is 12.0. The molecule has 0 saturated heterocycles. The van der Waals surface area contributed by atoms with Crippen molar-refractivity contribution in [1.82, 2.24) is 0 Å². The lowest BCUT2D eigenvalue weighted by atomic mass is 10.1. The van der Waals surface area contributed by atoms with E-state index in [4.69, 9.17) is 14.2 Å². The lowest BCUT2D eigenvalue weighted by Crippen LogP contribution is -2.39. The van der Waals surface area contributed by atoms with Crippen LogP contribution in [0.4, 0.5) is 0 Å². The van der Waals surface area contributed by atoms with Gasteiger partial charge < -0.3 is 19.3 Å². The Morgan fingerprint density at radius 2 is 1.28 bits per heavy atom. The molecule has 0 aromatic heterocycles. The zero-order chi connectivity index (χ0) is 29.2. The normalized spacial score (nSPS) is 14.9. The summed E-state index contributed by atoms with van der Waals surface area (Å²) < 4.78 is 27.6. The third-order valence-electron chi connectivity index (χ3n) is 6.90. The van der Waals surface area contributed by atoms with Gasteiger partial charge in [0.1, 0.15) is 0 Å². The van der Waals surface area contributed by atoms with Crippen molar-refractivity contribution in [3.63, 3.8) is 0 Å². The molecular weight excluding hydrogens is 531 g/mol. The summed E-state index contributed by atoms with van der Waals surface area (Å²) >= 11 is 2.06. The van der Waals surface area contributed by atoms with Crippen molar-refractivity contribution in [3.8, 4) is 0 Å². The third-order valence-corrected chi connectivity index (χ3v) is 9.03. The molecule has 0 aromatic carbocycles. The van der Waals surface area contributed by atoms with Crippen LogP contribution >= 0.6 is 20.2 Å². The predicted molar refractivity (Wildman–Crippen MR) is 166 cm³/mol. The summed E-state index contributed by atoms with van der Waals surface area (Å²) in [5.41, 5.74) is -2.46. The van der Waals surface area contributed by atoms with Crippen LogP contribution in [0.1, 0.15) is 150 Å². The molecule has 232 valence electrons. The van der Waals surface area contributed by atoms with Gasteiger partial charge in [-0.3, -0.25) is 4.57 Å². The second-order valence-electron chi connectivity index (χ2n) is 11.1. The highest BCUT2D eigenvalue weighted by atomic mass is 32.2. The summed E-state index contributed by atoms with van der Waals surface area (Å²) in [5, 5.41) is 10.6. The van der Waals surface area contributed by atoms with Gasteiger partial charge in [-0.2, -0.15) is 11.8 Å². The number of esters is 1. The quantitative estimate of drug-likeness (QED) is 0.0401. The molecule has 0 bridgehead atoms. The number of aliphatic hydroxyl groups is 1. The molecule has 0 heterocycles. The van der Waals surface area contributed by atoms with Crippen molar-refractivity contribution in [1.29, 1.82) is 0 Å². The van der Waals surface area contributed by atoms with Gasteiger partial charge in [0.25, 0.3) is 0 Å². The van der Waals surface area contributed by atoms with Crippen LogP contribution in [0.15, 0.2) is 0 Å². The summed E-state index contributed by atoms with van der Waals surface area (Å²) in [6, 6.07) is 0. The summed E-state index contributed by atoms with van der Waals surface area (Å²) in [7, 11) is -0.830. The van der Waals surface area contributed by atoms with Crippen molar-refractivity contribution in [3.05, 3.63) is 0 Å². The lowest BCUT2D eigenvalue weighted by molar-refractivity contribution is -0.199. The van der Waals surface area contributed by atoms with E-state index >= 15 is 0 Å². The van der Waals surface area contributed by atoms with E-state index < -0.39 is 26.1 Å². The topological polar surface area (TPSA) is 82.1 Å². The number of carbonyl (C=O) groups is 1. The van der Waals surface area contributed by atoms with E-state index in [0.717, 1.165) is 0 Å². The average Bonchev–Trinajstić information content (AvgIpc) is 2.91. The van der Waals surface area contributed by atoms with E-state index in [2.05, 4.69) is 32.5 Å². The van der Waals surface area contributed by atoms with Gasteiger partial charge in [-0.25, -0.2) is 4.79 Å². The molecule has 0 radical (unpaired) electrons. The molecule has 6 nitrogen and oxygen atoms in total. The number of hydrogen-bond donors (Lipinski definition) is 1. The van der Waals surface area contributed by atoms with Gasteiger partial charge in [-0.05, 0) is 45.8 Å². The first-order valence-electron chi connectivity index (χ1n) is 16.0. The van der Waals surface area contributed by atoms with Crippen molar-refractivity contribution < 1.29 is 28.7 Å². The highest BCUT2D eigenvalue weighted by Crippen LogP contribution is 2.26. The molecule has 0 fully saturated rings. The van der Waals surface area contributed by atoms with Crippen LogP contribution in [0.5, 0.6) is 0 Å². The highest BCUT2D eigenvalue weighted by Gasteiger charge is 2.41. The van der Waals surface area contributed by atoms with Gasteiger partial charge in [0.05, 0.1) is 18.8 Å². The van der Waals surface area contributed by atoms with Gasteiger partial charge in [-0.15, -0.1) is 0 Å². The van der Waals surface area contributed by atoms with Gasteiger partial charge in [0, 0.05) is 11.9 Å². The highest BCUT2D eigenvalue weighted by molar-refractivity contribution is 7.99. The molecule has 1 N–H and O–H groups in total. The van der Waals surface area contributed by atoms with Crippen LogP contribution in [0, 0.1) is 0 Å². The fourth-order valence-corrected chi connectivity index (χ4v) is 6.09. The first-order chi connectivity index (χ1) is 18.8. The summed E-state index contributed by atoms with van der Waals surface area (Å²) in [6.07, 6.45) is 22.7. The molecule has 0 aromatic rings. The number of thioether (sulfide) groups is 1. The van der Waals surface area contributed by atoms with Crippen molar-refractivity contribution in [2.75, 3.05) is 19.0 Å². The first kappa shape index (κ1) is 38.8. The lowest BCUT2D eigenvalue weighted by Gasteiger charge is -2.25. The number of hydrogen-bond acceptors (Lipinski definition) is 7. The fourth-order valence-electron chi connectivity index (χ4n) is 4.47. The number of carbonyl (C=O) groups excluding carboxylic acids is 1. The van der Waals surface area contributed by atoms with Gasteiger partial charge >= 0.3 is 11.5 Å². The van der Waals surface area contributed by atoms with Crippen LogP contribution < -0.4 is 0 Å². The monoisotopic (exact) mass is 592 g/mol. The molecule has 39 heavy (non-hydrogen) atoms. The predicted octanol–water partition coefficient (Wildman–Crippen LogP) is 9.46. The molecule has 0 amide bonds. The number of unbranched alkanes of at least 4 members (excludes halogenated alkanes) is 14. The molecule has 0 spiro atoms. The number of ether oxygens (including phenoxy) is 3. The second-order valence-corrected chi connectivity index (χ2v) is 13.2. The van der Waals surface area contributed by atoms with Crippen LogP contribution in [-0.4, -0.2) is 53.0 Å². The Balaban J connectivity index is 4.35. The zero-order valence-corrected chi connectivity index (χ0v) is 27.6. The van der Waals surface area contributed by atoms with Gasteiger partial charge in [-0.1, -0.05) is 110 Å². The van der Waals surface area contributed by atoms with E-state index in [1.54, 1.807) is 13.8 Å². The minimum atomic E-state index is -2.46. The van der Waals surface area contributed by atoms with Crippen molar-refractivity contribution in [2.45, 2.75) is 173 Å². The van der Waals surface area contributed by atoms with Gasteiger partial charge in [0.15, 0.2) is 0 Å². The molecule has 0 aliphatic carbocycles. The second kappa shape index (κ2) is 26.7. The summed E-state index contributed by atoms with van der Waals surface area (Å²) in [4.78, 5) is 12.0. The standard InChI is InChI=1S/C31H61O6PS/c1-6-8-10-12-14-15-16-17-19-21-26-39-29(23-20-18-13-11-9-7-2)28(5)35-24-22-25-36-31(33,38-34)30(32)37-27(3)4/h27-29,33H,6-26H2,1-5H3. The smallest absolute Gasteiger partial charge is 0.380 e. The average molecular weight is 593 g/mol. The Morgan fingerprint density at radius 1 is 0.769 bits per heavy atom. The largest absolute Gasteiger partial charge is 0.458 e. The molecule has 0 aliphatic rings. The van der Waals surface area contributed by atoms with E-state index in [1.165, 1.54) is 115 Å². The minimum absolute atomic E-state index is 0.0551. The van der Waals surface area contributed by atoms with Gasteiger partial charge in [0.2, 0.25) is 8.46 Å². The summed E-state index contributed by atoms with van der Waals surface area (Å²) in [6.45, 7) is 10.5. The first-order valence-corrected chi connectivity index (χ1v) is 17.8. The van der Waals surface area contributed by atoms with Crippen molar-refractivity contribution in [2.24, 2.45) is 0 Å². The Hall–Kier alpha value is -0.200. The minimum Gasteiger partial charge on any atom is -0.458 e. The Kier molecular flexibility index (Phi) is 26.5. The molecule has 0 saturated carbocycles. The van der Waals surface area contributed by atoms with Crippen LogP contribution in [0.3, 0.4) is 0 Å². The Labute approximate surface area is 246 Å². The number of rotatable bonds is 29.